The molecule has 0 aromatic heterocycles. The highest BCUT2D eigenvalue weighted by atomic mass is 16.5. The van der Waals surface area contributed by atoms with Crippen molar-refractivity contribution in [1.29, 1.82) is 0 Å². The van der Waals surface area contributed by atoms with Crippen LogP contribution in [0.2, 0.25) is 0 Å². The van der Waals surface area contributed by atoms with Crippen LogP contribution in [0.1, 0.15) is 41.4 Å². The molecule has 1 N–H and O–H groups in total. The third-order valence-electron chi connectivity index (χ3n) is 4.83. The Balaban J connectivity index is 2.24. The summed E-state index contributed by atoms with van der Waals surface area (Å²) >= 11 is 0. The molecule has 2 rings (SSSR count). The first-order valence-electron chi connectivity index (χ1n) is 9.35. The number of likely N-dealkylation sites (N-methyl/N-ethyl adjacent to an activating group) is 1. The average Bonchev–Trinajstić information content (AvgIpc) is 2.71. The van der Waals surface area contributed by atoms with Gasteiger partial charge >= 0.3 is 0 Å². The van der Waals surface area contributed by atoms with Gasteiger partial charge in [0.2, 0.25) is 0 Å². The predicted molar refractivity (Wildman–Crippen MR) is 109 cm³/mol. The zero-order valence-corrected chi connectivity index (χ0v) is 16.9. The molecule has 5 nitrogen and oxygen atoms in total. The molecule has 2 aromatic rings. The van der Waals surface area contributed by atoms with Crippen molar-refractivity contribution < 1.29 is 14.3 Å². The Morgan fingerprint density at radius 2 is 1.56 bits per heavy atom. The monoisotopic (exact) mass is 370 g/mol. The number of carbonyl (C=O) groups is 1. The number of amides is 1. The summed E-state index contributed by atoms with van der Waals surface area (Å²) in [4.78, 5) is 15.2. The maximum Gasteiger partial charge on any atom is 0.258 e. The van der Waals surface area contributed by atoms with Crippen LogP contribution in [0.25, 0.3) is 0 Å². The van der Waals surface area contributed by atoms with Crippen LogP contribution in [0.15, 0.2) is 42.5 Å². The van der Waals surface area contributed by atoms with E-state index in [4.69, 9.17) is 9.47 Å². The molecular weight excluding hydrogens is 340 g/mol. The van der Waals surface area contributed by atoms with E-state index in [2.05, 4.69) is 55.3 Å². The lowest BCUT2D eigenvalue weighted by molar-refractivity contribution is 0.0928. The first-order valence-corrected chi connectivity index (χ1v) is 9.35. The van der Waals surface area contributed by atoms with E-state index in [1.54, 1.807) is 32.4 Å². The van der Waals surface area contributed by atoms with Crippen LogP contribution >= 0.6 is 0 Å². The van der Waals surface area contributed by atoms with Crippen molar-refractivity contribution >= 4 is 5.91 Å². The van der Waals surface area contributed by atoms with E-state index < -0.39 is 0 Å². The van der Waals surface area contributed by atoms with Gasteiger partial charge < -0.3 is 14.8 Å². The summed E-state index contributed by atoms with van der Waals surface area (Å²) in [7, 11) is 3.10. The van der Waals surface area contributed by atoms with Gasteiger partial charge in [-0.25, -0.2) is 0 Å². The summed E-state index contributed by atoms with van der Waals surface area (Å²) in [6.07, 6.45) is 0. The van der Waals surface area contributed by atoms with Crippen molar-refractivity contribution in [2.24, 2.45) is 0 Å². The maximum absolute atomic E-state index is 12.9. The van der Waals surface area contributed by atoms with Gasteiger partial charge in [0.15, 0.2) is 0 Å². The summed E-state index contributed by atoms with van der Waals surface area (Å²) in [5.41, 5.74) is 2.83. The van der Waals surface area contributed by atoms with Crippen LogP contribution in [-0.2, 0) is 0 Å². The van der Waals surface area contributed by atoms with Crippen LogP contribution in [0, 0.1) is 6.92 Å². The number of ether oxygens (including phenoxy) is 2. The molecule has 1 amide bonds. The summed E-state index contributed by atoms with van der Waals surface area (Å²) in [5, 5.41) is 3.07. The van der Waals surface area contributed by atoms with Crippen LogP contribution < -0.4 is 14.8 Å². The molecule has 0 heterocycles. The fraction of sp³-hybridized carbons (Fsp3) is 0.409. The first kappa shape index (κ1) is 20.8. The van der Waals surface area contributed by atoms with E-state index >= 15 is 0 Å². The van der Waals surface area contributed by atoms with Gasteiger partial charge in [0.1, 0.15) is 17.1 Å². The minimum absolute atomic E-state index is 0.102. The highest BCUT2D eigenvalue weighted by Gasteiger charge is 2.22. The van der Waals surface area contributed by atoms with Crippen LogP contribution in [0.3, 0.4) is 0 Å². The minimum Gasteiger partial charge on any atom is -0.496 e. The van der Waals surface area contributed by atoms with E-state index in [-0.39, 0.29) is 11.9 Å². The largest absolute Gasteiger partial charge is 0.496 e. The van der Waals surface area contributed by atoms with Crippen LogP contribution in [-0.4, -0.2) is 44.7 Å². The lowest BCUT2D eigenvalue weighted by atomic mass is 10.0. The van der Waals surface area contributed by atoms with E-state index in [0.29, 0.717) is 23.6 Å². The number of aryl methyl sites for hydroxylation is 1. The lowest BCUT2D eigenvalue weighted by Gasteiger charge is -2.30. The van der Waals surface area contributed by atoms with E-state index in [1.807, 2.05) is 0 Å². The Hall–Kier alpha value is -2.53. The number of nitrogens with zero attached hydrogens (tertiary/aromatic N) is 1. The third-order valence-corrected chi connectivity index (χ3v) is 4.83. The molecule has 0 radical (unpaired) electrons. The standard InChI is InChI=1S/C22H30N2O3/c1-6-24(7-2)18(17-13-11-16(3)12-14-17)15-23-22(25)21-19(26-4)9-8-10-20(21)27-5/h8-14,18H,6-7,15H2,1-5H3,(H,23,25). The fourth-order valence-electron chi connectivity index (χ4n) is 3.26. The molecule has 0 aliphatic carbocycles. The molecule has 0 saturated heterocycles. The molecule has 27 heavy (non-hydrogen) atoms. The summed E-state index contributed by atoms with van der Waals surface area (Å²) < 4.78 is 10.7. The number of benzene rings is 2. The van der Waals surface area contributed by atoms with Crippen molar-refractivity contribution in [2.75, 3.05) is 33.9 Å². The number of methoxy groups -OCH3 is 2. The molecule has 0 aliphatic rings. The van der Waals surface area contributed by atoms with Crippen molar-refractivity contribution in [3.05, 3.63) is 59.2 Å². The second-order valence-corrected chi connectivity index (χ2v) is 6.40. The van der Waals surface area contributed by atoms with Gasteiger partial charge in [0, 0.05) is 6.54 Å². The highest BCUT2D eigenvalue weighted by molar-refractivity contribution is 5.99. The average molecular weight is 370 g/mol. The van der Waals surface area contributed by atoms with Gasteiger partial charge in [-0.15, -0.1) is 0 Å². The Kier molecular flexibility index (Phi) is 7.67. The normalized spacial score (nSPS) is 11.9. The zero-order valence-electron chi connectivity index (χ0n) is 16.9. The smallest absolute Gasteiger partial charge is 0.258 e. The molecule has 0 spiro atoms. The van der Waals surface area contributed by atoms with Crippen molar-refractivity contribution in [2.45, 2.75) is 26.8 Å². The Morgan fingerprint density at radius 1 is 1.00 bits per heavy atom. The molecule has 146 valence electrons. The van der Waals surface area contributed by atoms with Crippen LogP contribution in [0.4, 0.5) is 0 Å². The first-order chi connectivity index (χ1) is 13.0. The predicted octanol–water partition coefficient (Wildman–Crippen LogP) is 3.83. The Bertz CT molecular complexity index is 717. The van der Waals surface area contributed by atoms with Crippen molar-refractivity contribution in [3.63, 3.8) is 0 Å². The molecule has 0 bridgehead atoms. The van der Waals surface area contributed by atoms with Crippen LogP contribution in [0.5, 0.6) is 11.5 Å². The Labute approximate surface area is 162 Å². The lowest BCUT2D eigenvalue weighted by Crippen LogP contribution is -2.38. The molecule has 2 aromatic carbocycles. The minimum atomic E-state index is -0.200. The van der Waals surface area contributed by atoms with E-state index in [0.717, 1.165) is 13.1 Å². The second-order valence-electron chi connectivity index (χ2n) is 6.40. The number of rotatable bonds is 9. The number of carbonyl (C=O) groups excluding carboxylic acids is 1. The zero-order chi connectivity index (χ0) is 19.8. The maximum atomic E-state index is 12.9. The highest BCUT2D eigenvalue weighted by Crippen LogP contribution is 2.28. The summed E-state index contributed by atoms with van der Waals surface area (Å²) in [5.74, 6) is 0.803. The van der Waals surface area contributed by atoms with E-state index in [1.165, 1.54) is 11.1 Å². The van der Waals surface area contributed by atoms with Gasteiger partial charge in [-0.3, -0.25) is 9.69 Å². The SMILES string of the molecule is CCN(CC)C(CNC(=O)c1c(OC)cccc1OC)c1ccc(C)cc1. The summed E-state index contributed by atoms with van der Waals surface area (Å²) in [6.45, 7) is 8.66. The number of nitrogens with one attached hydrogen (secondary N) is 1. The molecule has 0 aliphatic heterocycles. The fourth-order valence-corrected chi connectivity index (χ4v) is 3.26. The summed E-state index contributed by atoms with van der Waals surface area (Å²) in [6, 6.07) is 13.9. The van der Waals surface area contributed by atoms with Gasteiger partial charge in [-0.2, -0.15) is 0 Å². The molecule has 1 unspecified atom stereocenters. The van der Waals surface area contributed by atoms with Gasteiger partial charge in [0.25, 0.3) is 5.91 Å². The molecular formula is C22H30N2O3. The van der Waals surface area contributed by atoms with E-state index in [9.17, 15) is 4.79 Å². The second kappa shape index (κ2) is 9.97. The van der Waals surface area contributed by atoms with Gasteiger partial charge in [-0.05, 0) is 37.7 Å². The molecule has 0 saturated carbocycles. The molecule has 0 fully saturated rings. The third kappa shape index (κ3) is 5.01. The van der Waals surface area contributed by atoms with Gasteiger partial charge in [0.05, 0.1) is 20.3 Å². The Morgan fingerprint density at radius 3 is 2.04 bits per heavy atom. The number of hydrogen-bond acceptors (Lipinski definition) is 4. The quantitative estimate of drug-likeness (QED) is 0.729. The molecule has 5 heteroatoms. The molecule has 1 atom stereocenters. The topological polar surface area (TPSA) is 50.8 Å². The van der Waals surface area contributed by atoms with Crippen molar-refractivity contribution in [3.8, 4) is 11.5 Å². The van der Waals surface area contributed by atoms with Crippen molar-refractivity contribution in [1.82, 2.24) is 10.2 Å². The van der Waals surface area contributed by atoms with Gasteiger partial charge in [-0.1, -0.05) is 49.7 Å². The number of hydrogen-bond donors (Lipinski definition) is 1.